The Balaban J connectivity index is 2.04. The average molecular weight is 387 g/mol. The van der Waals surface area contributed by atoms with E-state index in [1.54, 1.807) is 6.07 Å². The summed E-state index contributed by atoms with van der Waals surface area (Å²) >= 11 is 6.40. The van der Waals surface area contributed by atoms with Crippen LogP contribution < -0.4 is 5.32 Å². The maximum absolute atomic E-state index is 12.0. The van der Waals surface area contributed by atoms with Crippen molar-refractivity contribution >= 4 is 38.7 Å². The molecule has 0 saturated heterocycles. The molecule has 0 bridgehead atoms. The number of sulfone groups is 1. The van der Waals surface area contributed by atoms with Crippen LogP contribution in [-0.4, -0.2) is 37.7 Å². The number of fused-ring (bicyclic) bond motifs is 2. The minimum absolute atomic E-state index is 0.0162. The molecule has 2 aliphatic rings. The molecule has 0 unspecified atom stereocenters. The van der Waals surface area contributed by atoms with E-state index >= 15 is 0 Å². The van der Waals surface area contributed by atoms with Gasteiger partial charge in [0.15, 0.2) is 20.7 Å². The zero-order chi connectivity index (χ0) is 18.5. The maximum atomic E-state index is 12.0. The number of aliphatic imine (C=N–C) groups is 2. The third-order valence-electron chi connectivity index (χ3n) is 4.22. The van der Waals surface area contributed by atoms with Gasteiger partial charge in [-0.2, -0.15) is 0 Å². The number of nitrogens with zero attached hydrogens (tertiary/aromatic N) is 3. The first kappa shape index (κ1) is 16.9. The number of anilines is 1. The lowest BCUT2D eigenvalue weighted by Crippen LogP contribution is -2.13. The summed E-state index contributed by atoms with van der Waals surface area (Å²) in [5.74, 6) is 0.653. The van der Waals surface area contributed by atoms with Gasteiger partial charge in [-0.15, -0.1) is 0 Å². The first-order valence-electron chi connectivity index (χ1n) is 7.90. The highest BCUT2D eigenvalue weighted by atomic mass is 35.5. The summed E-state index contributed by atoms with van der Waals surface area (Å²) in [6, 6.07) is 8.87. The number of hydrogen-bond donors (Lipinski definition) is 1. The zero-order valence-corrected chi connectivity index (χ0v) is 15.7. The van der Waals surface area contributed by atoms with Crippen molar-refractivity contribution in [3.8, 4) is 0 Å². The average Bonchev–Trinajstić information content (AvgIpc) is 2.84. The van der Waals surface area contributed by atoms with Crippen LogP contribution in [-0.2, 0) is 9.84 Å². The molecular weight excluding hydrogens is 372 g/mol. The highest BCUT2D eigenvalue weighted by molar-refractivity contribution is 7.90. The summed E-state index contributed by atoms with van der Waals surface area (Å²) in [5, 5.41) is 3.74. The van der Waals surface area contributed by atoms with Crippen LogP contribution in [0.1, 0.15) is 18.1 Å². The number of benzene rings is 1. The molecule has 4 rings (SSSR count). The standard InChI is InChI=1S/C18H15ClN4O2S/c1-10-8-21-18-16(10)23-17(11-5-3-4-6-13(11)19)12-7-15(26(2,24)25)20-9-14(12)22-18/h3-7,9H,8H2,1-2H3,(H,21,22). The molecule has 0 fully saturated rings. The van der Waals surface area contributed by atoms with Crippen LogP contribution in [0.3, 0.4) is 0 Å². The predicted octanol–water partition coefficient (Wildman–Crippen LogP) is 3.09. The van der Waals surface area contributed by atoms with Gasteiger partial charge in [0.05, 0.1) is 24.1 Å². The number of nitrogens with one attached hydrogen (secondary N) is 1. The van der Waals surface area contributed by atoms with Gasteiger partial charge in [0.25, 0.3) is 0 Å². The largest absolute Gasteiger partial charge is 0.337 e. The topological polar surface area (TPSA) is 83.8 Å². The Morgan fingerprint density at radius 3 is 2.69 bits per heavy atom. The Morgan fingerprint density at radius 2 is 1.96 bits per heavy atom. The lowest BCUT2D eigenvalue weighted by atomic mass is 10.0. The fourth-order valence-electron chi connectivity index (χ4n) is 2.89. The smallest absolute Gasteiger partial charge is 0.192 e. The summed E-state index contributed by atoms with van der Waals surface area (Å²) in [7, 11) is -3.46. The van der Waals surface area contributed by atoms with Crippen molar-refractivity contribution in [2.24, 2.45) is 9.98 Å². The Kier molecular flexibility index (Phi) is 3.93. The van der Waals surface area contributed by atoms with E-state index < -0.39 is 9.84 Å². The third-order valence-corrected chi connectivity index (χ3v) is 5.54. The molecule has 3 heterocycles. The molecule has 26 heavy (non-hydrogen) atoms. The predicted molar refractivity (Wildman–Crippen MR) is 103 cm³/mol. The lowest BCUT2D eigenvalue weighted by Gasteiger charge is -2.12. The van der Waals surface area contributed by atoms with Crippen LogP contribution in [0.2, 0.25) is 5.02 Å². The van der Waals surface area contributed by atoms with Crippen LogP contribution in [0.4, 0.5) is 5.69 Å². The lowest BCUT2D eigenvalue weighted by molar-refractivity contribution is 0.598. The Labute approximate surface area is 156 Å². The Hall–Kier alpha value is -2.51. The zero-order valence-electron chi connectivity index (χ0n) is 14.1. The molecule has 132 valence electrons. The van der Waals surface area contributed by atoms with Crippen LogP contribution in [0.25, 0.3) is 0 Å². The molecule has 6 nitrogen and oxygen atoms in total. The van der Waals surface area contributed by atoms with Crippen molar-refractivity contribution in [2.45, 2.75) is 11.9 Å². The van der Waals surface area contributed by atoms with Gasteiger partial charge in [-0.3, -0.25) is 4.99 Å². The first-order chi connectivity index (χ1) is 12.3. The molecule has 2 aliphatic heterocycles. The van der Waals surface area contributed by atoms with E-state index in [1.165, 1.54) is 12.3 Å². The number of hydrogen-bond acceptors (Lipinski definition) is 6. The van der Waals surface area contributed by atoms with Gasteiger partial charge >= 0.3 is 0 Å². The van der Waals surface area contributed by atoms with Crippen LogP contribution in [0.15, 0.2) is 62.8 Å². The molecule has 0 amide bonds. The van der Waals surface area contributed by atoms with Gasteiger partial charge in [0.2, 0.25) is 0 Å². The Bertz CT molecular complexity index is 1130. The van der Waals surface area contributed by atoms with Crippen LogP contribution >= 0.6 is 11.6 Å². The van der Waals surface area contributed by atoms with E-state index in [4.69, 9.17) is 16.6 Å². The van der Waals surface area contributed by atoms with Gasteiger partial charge in [-0.25, -0.2) is 18.4 Å². The van der Waals surface area contributed by atoms with Crippen molar-refractivity contribution in [1.82, 2.24) is 4.98 Å². The summed E-state index contributed by atoms with van der Waals surface area (Å²) in [5.41, 5.74) is 4.34. The molecule has 2 aromatic rings. The molecule has 0 radical (unpaired) electrons. The molecule has 0 aliphatic carbocycles. The van der Waals surface area contributed by atoms with E-state index in [0.717, 1.165) is 23.1 Å². The molecular formula is C18H15ClN4O2S. The number of aromatic nitrogens is 1. The van der Waals surface area contributed by atoms with Crippen molar-refractivity contribution < 1.29 is 8.42 Å². The molecule has 0 saturated carbocycles. The number of amidine groups is 1. The molecule has 1 N–H and O–H groups in total. The normalized spacial score (nSPS) is 16.3. The second-order valence-electron chi connectivity index (χ2n) is 6.20. The first-order valence-corrected chi connectivity index (χ1v) is 10.2. The summed E-state index contributed by atoms with van der Waals surface area (Å²) in [6.45, 7) is 2.54. The second kappa shape index (κ2) is 6.03. The monoisotopic (exact) mass is 386 g/mol. The SMILES string of the molecule is CC1=C2N=C(c3ccccc3Cl)c3cc(S(C)(=O)=O)ncc3NC2=NC1. The van der Waals surface area contributed by atoms with Gasteiger partial charge in [-0.1, -0.05) is 29.8 Å². The summed E-state index contributed by atoms with van der Waals surface area (Å²) in [4.78, 5) is 13.4. The summed E-state index contributed by atoms with van der Waals surface area (Å²) in [6.07, 6.45) is 2.63. The molecule has 1 aromatic heterocycles. The van der Waals surface area contributed by atoms with E-state index in [1.807, 2.05) is 25.1 Å². The maximum Gasteiger partial charge on any atom is 0.192 e. The fraction of sp³-hybridized carbons (Fsp3) is 0.167. The minimum Gasteiger partial charge on any atom is -0.337 e. The van der Waals surface area contributed by atoms with Gasteiger partial charge in [0.1, 0.15) is 5.70 Å². The fourth-order valence-corrected chi connectivity index (χ4v) is 3.69. The van der Waals surface area contributed by atoms with Crippen LogP contribution in [0.5, 0.6) is 0 Å². The number of halogens is 1. The quantitative estimate of drug-likeness (QED) is 0.859. The van der Waals surface area contributed by atoms with Crippen molar-refractivity contribution in [2.75, 3.05) is 18.1 Å². The highest BCUT2D eigenvalue weighted by Gasteiger charge is 2.27. The van der Waals surface area contributed by atoms with E-state index in [0.29, 0.717) is 34.4 Å². The third kappa shape index (κ3) is 2.83. The number of pyridine rings is 1. The second-order valence-corrected chi connectivity index (χ2v) is 8.57. The van der Waals surface area contributed by atoms with E-state index in [9.17, 15) is 8.42 Å². The summed E-state index contributed by atoms with van der Waals surface area (Å²) < 4.78 is 24.0. The van der Waals surface area contributed by atoms with Crippen LogP contribution in [0, 0.1) is 0 Å². The van der Waals surface area contributed by atoms with E-state index in [2.05, 4.69) is 15.3 Å². The molecule has 0 spiro atoms. The molecule has 0 atom stereocenters. The van der Waals surface area contributed by atoms with Gasteiger partial charge in [-0.05, 0) is 24.6 Å². The van der Waals surface area contributed by atoms with Crippen molar-refractivity contribution in [1.29, 1.82) is 0 Å². The van der Waals surface area contributed by atoms with E-state index in [-0.39, 0.29) is 5.03 Å². The highest BCUT2D eigenvalue weighted by Crippen LogP contribution is 2.31. The molecule has 1 aromatic carbocycles. The van der Waals surface area contributed by atoms with Gasteiger partial charge in [0, 0.05) is 22.4 Å². The van der Waals surface area contributed by atoms with Gasteiger partial charge < -0.3 is 5.32 Å². The number of rotatable bonds is 2. The Morgan fingerprint density at radius 1 is 1.19 bits per heavy atom. The van der Waals surface area contributed by atoms with Crippen molar-refractivity contribution in [3.05, 3.63) is 63.9 Å². The molecule has 8 heteroatoms. The minimum atomic E-state index is -3.46. The van der Waals surface area contributed by atoms with Crippen molar-refractivity contribution in [3.63, 3.8) is 0 Å².